The van der Waals surface area contributed by atoms with E-state index in [2.05, 4.69) is 26.7 Å². The van der Waals surface area contributed by atoms with Crippen LogP contribution in [0.4, 0.5) is 0 Å². The highest BCUT2D eigenvalue weighted by atomic mass is 16.5. The van der Waals surface area contributed by atoms with Crippen molar-refractivity contribution in [1.29, 1.82) is 0 Å². The Morgan fingerprint density at radius 2 is 2.41 bits per heavy atom. The minimum absolute atomic E-state index is 0.231. The quantitative estimate of drug-likeness (QED) is 0.522. The first-order valence-electron chi connectivity index (χ1n) is 5.46. The lowest BCUT2D eigenvalue weighted by Crippen LogP contribution is -2.30. The number of para-hydroxylation sites is 1. The van der Waals surface area contributed by atoms with Crippen molar-refractivity contribution in [1.82, 2.24) is 20.6 Å². The summed E-state index contributed by atoms with van der Waals surface area (Å²) < 4.78 is 5.65. The number of ether oxygens (including phenoxy) is 1. The molecule has 0 saturated carbocycles. The summed E-state index contributed by atoms with van der Waals surface area (Å²) in [5, 5.41) is 6.66. The van der Waals surface area contributed by atoms with Gasteiger partial charge in [0.05, 0.1) is 6.61 Å². The number of aromatic amines is 1. The average Bonchev–Trinajstić information content (AvgIpc) is 3.00. The summed E-state index contributed by atoms with van der Waals surface area (Å²) >= 11 is 0. The zero-order valence-electron chi connectivity index (χ0n) is 9.18. The maximum absolute atomic E-state index is 5.65. The highest BCUT2D eigenvalue weighted by Gasteiger charge is 2.24. The maximum Gasteiger partial charge on any atom is 0.147 e. The number of rotatable bonds is 3. The monoisotopic (exact) mass is 231 g/mol. The molecule has 1 atom stereocenters. The third-order valence-electron chi connectivity index (χ3n) is 2.93. The Kier molecular flexibility index (Phi) is 2.50. The molecule has 17 heavy (non-hydrogen) atoms. The zero-order valence-corrected chi connectivity index (χ0v) is 9.18. The molecule has 1 aliphatic heterocycles. The first-order chi connectivity index (χ1) is 8.40. The molecule has 1 unspecified atom stereocenters. The van der Waals surface area contributed by atoms with Crippen molar-refractivity contribution in [2.75, 3.05) is 6.61 Å². The second-order valence-corrected chi connectivity index (χ2v) is 3.90. The number of nitrogens with one attached hydrogen (secondary N) is 2. The van der Waals surface area contributed by atoms with Crippen LogP contribution in [0, 0.1) is 0 Å². The standard InChI is InChI=1S/C11H13N5O/c12-15-9(11-13-6-14-16-11)8-3-1-2-7-4-5-17-10(7)8/h1-3,6,9,15H,4-5,12H2,(H,13,14,16). The Labute approximate surface area is 98.2 Å². The second-order valence-electron chi connectivity index (χ2n) is 3.90. The van der Waals surface area contributed by atoms with Gasteiger partial charge in [-0.2, -0.15) is 5.10 Å². The third kappa shape index (κ3) is 1.67. The summed E-state index contributed by atoms with van der Waals surface area (Å²) in [5.74, 6) is 7.18. The van der Waals surface area contributed by atoms with Crippen molar-refractivity contribution in [3.8, 4) is 5.75 Å². The first kappa shape index (κ1) is 10.2. The van der Waals surface area contributed by atoms with Gasteiger partial charge in [-0.1, -0.05) is 18.2 Å². The minimum Gasteiger partial charge on any atom is -0.493 e. The summed E-state index contributed by atoms with van der Waals surface area (Å²) in [4.78, 5) is 4.12. The molecule has 88 valence electrons. The number of hydrogen-bond acceptors (Lipinski definition) is 5. The fourth-order valence-electron chi connectivity index (χ4n) is 2.14. The molecule has 0 spiro atoms. The Bertz CT molecular complexity index is 511. The Morgan fingerprint density at radius 3 is 3.18 bits per heavy atom. The molecule has 2 heterocycles. The third-order valence-corrected chi connectivity index (χ3v) is 2.93. The van der Waals surface area contributed by atoms with Crippen LogP contribution in [-0.4, -0.2) is 21.8 Å². The molecule has 6 heteroatoms. The summed E-state index contributed by atoms with van der Waals surface area (Å²) in [6.45, 7) is 0.722. The largest absolute Gasteiger partial charge is 0.493 e. The number of hydrazine groups is 1. The highest BCUT2D eigenvalue weighted by molar-refractivity contribution is 5.47. The van der Waals surface area contributed by atoms with E-state index in [9.17, 15) is 0 Å². The Hall–Kier alpha value is -1.92. The molecule has 2 aromatic rings. The highest BCUT2D eigenvalue weighted by Crippen LogP contribution is 2.34. The Morgan fingerprint density at radius 1 is 1.47 bits per heavy atom. The molecule has 0 saturated heterocycles. The molecule has 0 aliphatic carbocycles. The van der Waals surface area contributed by atoms with Crippen molar-refractivity contribution in [3.63, 3.8) is 0 Å². The van der Waals surface area contributed by atoms with Gasteiger partial charge in [-0.05, 0) is 5.56 Å². The van der Waals surface area contributed by atoms with Crippen molar-refractivity contribution in [2.24, 2.45) is 5.84 Å². The van der Waals surface area contributed by atoms with Gasteiger partial charge in [-0.25, -0.2) is 10.4 Å². The summed E-state index contributed by atoms with van der Waals surface area (Å²) in [7, 11) is 0. The van der Waals surface area contributed by atoms with Gasteiger partial charge >= 0.3 is 0 Å². The van der Waals surface area contributed by atoms with E-state index in [4.69, 9.17) is 10.6 Å². The molecular weight excluding hydrogens is 218 g/mol. The van der Waals surface area contributed by atoms with Gasteiger partial charge in [0.15, 0.2) is 0 Å². The number of fused-ring (bicyclic) bond motifs is 1. The van der Waals surface area contributed by atoms with E-state index in [1.165, 1.54) is 11.9 Å². The molecule has 0 amide bonds. The molecular formula is C11H13N5O. The first-order valence-corrected chi connectivity index (χ1v) is 5.46. The molecule has 0 fully saturated rings. The number of aromatic nitrogens is 3. The molecule has 3 rings (SSSR count). The van der Waals surface area contributed by atoms with Crippen LogP contribution in [0.1, 0.15) is 23.0 Å². The van der Waals surface area contributed by atoms with Crippen LogP contribution in [-0.2, 0) is 6.42 Å². The molecule has 0 radical (unpaired) electrons. The van der Waals surface area contributed by atoms with E-state index in [0.717, 1.165) is 24.3 Å². The van der Waals surface area contributed by atoms with Gasteiger partial charge in [-0.15, -0.1) is 0 Å². The number of nitrogens with two attached hydrogens (primary N) is 1. The lowest BCUT2D eigenvalue weighted by molar-refractivity contribution is 0.350. The van der Waals surface area contributed by atoms with E-state index in [1.54, 1.807) is 0 Å². The predicted octanol–water partition coefficient (Wildman–Crippen LogP) is 0.292. The molecule has 4 N–H and O–H groups in total. The van der Waals surface area contributed by atoms with Crippen molar-refractivity contribution < 1.29 is 4.74 Å². The molecule has 1 aromatic heterocycles. The topological polar surface area (TPSA) is 88.9 Å². The SMILES string of the molecule is NNC(c1ncn[nH]1)c1cccc2c1OCC2. The van der Waals surface area contributed by atoms with Crippen LogP contribution in [0.3, 0.4) is 0 Å². The van der Waals surface area contributed by atoms with Crippen LogP contribution >= 0.6 is 0 Å². The van der Waals surface area contributed by atoms with E-state index >= 15 is 0 Å². The Balaban J connectivity index is 2.06. The fourth-order valence-corrected chi connectivity index (χ4v) is 2.14. The maximum atomic E-state index is 5.65. The zero-order chi connectivity index (χ0) is 11.7. The van der Waals surface area contributed by atoms with Crippen LogP contribution in [0.2, 0.25) is 0 Å². The van der Waals surface area contributed by atoms with E-state index in [-0.39, 0.29) is 6.04 Å². The minimum atomic E-state index is -0.231. The lowest BCUT2D eigenvalue weighted by atomic mass is 10.0. The summed E-state index contributed by atoms with van der Waals surface area (Å²) in [6, 6.07) is 5.83. The van der Waals surface area contributed by atoms with Crippen LogP contribution in [0.25, 0.3) is 0 Å². The smallest absolute Gasteiger partial charge is 0.147 e. The van der Waals surface area contributed by atoms with Gasteiger partial charge in [0, 0.05) is 12.0 Å². The fraction of sp³-hybridized carbons (Fsp3) is 0.273. The van der Waals surface area contributed by atoms with E-state index < -0.39 is 0 Å². The second kappa shape index (κ2) is 4.15. The van der Waals surface area contributed by atoms with Gasteiger partial charge in [-0.3, -0.25) is 10.9 Å². The van der Waals surface area contributed by atoms with E-state index in [1.807, 2.05) is 12.1 Å². The molecule has 0 bridgehead atoms. The van der Waals surface area contributed by atoms with Crippen molar-refractivity contribution in [3.05, 3.63) is 41.5 Å². The van der Waals surface area contributed by atoms with E-state index in [0.29, 0.717) is 5.82 Å². The molecule has 1 aromatic carbocycles. The van der Waals surface area contributed by atoms with Crippen molar-refractivity contribution in [2.45, 2.75) is 12.5 Å². The predicted molar refractivity (Wildman–Crippen MR) is 61.2 cm³/mol. The van der Waals surface area contributed by atoms with Crippen LogP contribution in [0.5, 0.6) is 5.75 Å². The number of hydrogen-bond donors (Lipinski definition) is 3. The number of H-pyrrole nitrogens is 1. The number of nitrogens with zero attached hydrogens (tertiary/aromatic N) is 2. The normalized spacial score (nSPS) is 15.4. The molecule has 1 aliphatic rings. The average molecular weight is 231 g/mol. The summed E-state index contributed by atoms with van der Waals surface area (Å²) in [6.07, 6.45) is 2.40. The molecule has 6 nitrogen and oxygen atoms in total. The van der Waals surface area contributed by atoms with Gasteiger partial charge in [0.25, 0.3) is 0 Å². The lowest BCUT2D eigenvalue weighted by Gasteiger charge is -2.16. The van der Waals surface area contributed by atoms with Gasteiger partial charge < -0.3 is 4.74 Å². The summed E-state index contributed by atoms with van der Waals surface area (Å²) in [5.41, 5.74) is 4.93. The van der Waals surface area contributed by atoms with Gasteiger partial charge in [0.2, 0.25) is 0 Å². The van der Waals surface area contributed by atoms with Crippen LogP contribution < -0.4 is 16.0 Å². The van der Waals surface area contributed by atoms with Gasteiger partial charge in [0.1, 0.15) is 23.9 Å². The van der Waals surface area contributed by atoms with Crippen molar-refractivity contribution >= 4 is 0 Å². The number of benzene rings is 1. The van der Waals surface area contributed by atoms with Crippen LogP contribution in [0.15, 0.2) is 24.5 Å².